The lowest BCUT2D eigenvalue weighted by atomic mass is 10.2. The van der Waals surface area contributed by atoms with Crippen molar-refractivity contribution in [1.29, 1.82) is 0 Å². The van der Waals surface area contributed by atoms with Gasteiger partial charge < -0.3 is 14.9 Å². The van der Waals surface area contributed by atoms with Crippen LogP contribution in [0.4, 0.5) is 17.4 Å². The van der Waals surface area contributed by atoms with E-state index in [4.69, 9.17) is 4.52 Å². The molecule has 1 aromatic heterocycles. The molecule has 0 radical (unpaired) electrons. The number of azo groups is 1. The van der Waals surface area contributed by atoms with Crippen LogP contribution in [0.15, 0.2) is 33.0 Å². The van der Waals surface area contributed by atoms with Crippen LogP contribution in [0.3, 0.4) is 0 Å². The molecule has 0 atom stereocenters. The van der Waals surface area contributed by atoms with Gasteiger partial charge in [-0.25, -0.2) is 0 Å². The van der Waals surface area contributed by atoms with Crippen LogP contribution < -0.4 is 5.32 Å². The molecule has 2 N–H and O–H groups in total. The van der Waals surface area contributed by atoms with E-state index in [9.17, 15) is 5.11 Å². The van der Waals surface area contributed by atoms with E-state index in [2.05, 4.69) is 25.7 Å². The molecule has 1 aromatic carbocycles. The Labute approximate surface area is 97.2 Å². The summed E-state index contributed by atoms with van der Waals surface area (Å²) in [4.78, 5) is 3.87. The van der Waals surface area contributed by atoms with Crippen LogP contribution in [-0.4, -0.2) is 22.3 Å². The Bertz CT molecular complexity index is 549. The summed E-state index contributed by atoms with van der Waals surface area (Å²) < 4.78 is 4.76. The fraction of sp³-hybridized carbons (Fsp3) is 0.200. The van der Waals surface area contributed by atoms with Gasteiger partial charge in [-0.1, -0.05) is 10.3 Å². The molecule has 0 amide bonds. The SMILES string of the molecule is CNc1ccc(/N=N/c2nc(C)no2)cc1O. The van der Waals surface area contributed by atoms with Crippen molar-refractivity contribution in [3.05, 3.63) is 24.0 Å². The zero-order valence-corrected chi connectivity index (χ0v) is 9.38. The maximum absolute atomic E-state index is 9.58. The van der Waals surface area contributed by atoms with E-state index < -0.39 is 0 Å². The Morgan fingerprint density at radius 2 is 2.18 bits per heavy atom. The first-order valence-electron chi connectivity index (χ1n) is 4.92. The molecule has 2 aromatic rings. The number of hydrogen-bond acceptors (Lipinski definition) is 7. The predicted octanol–water partition coefficient (Wildman–Crippen LogP) is 2.54. The van der Waals surface area contributed by atoms with Crippen LogP contribution in [0.5, 0.6) is 5.75 Å². The number of phenolic OH excluding ortho intramolecular Hbond substituents is 1. The van der Waals surface area contributed by atoms with Gasteiger partial charge in [0.2, 0.25) is 0 Å². The third-order valence-electron chi connectivity index (χ3n) is 2.02. The summed E-state index contributed by atoms with van der Waals surface area (Å²) >= 11 is 0. The van der Waals surface area contributed by atoms with E-state index in [-0.39, 0.29) is 11.8 Å². The maximum atomic E-state index is 9.58. The van der Waals surface area contributed by atoms with Crippen LogP contribution in [0.1, 0.15) is 5.82 Å². The third kappa shape index (κ3) is 2.57. The van der Waals surface area contributed by atoms with Gasteiger partial charge in [-0.05, 0) is 19.1 Å². The average molecular weight is 233 g/mol. The molecule has 0 aliphatic heterocycles. The predicted molar refractivity (Wildman–Crippen MR) is 60.9 cm³/mol. The first kappa shape index (κ1) is 11.1. The highest BCUT2D eigenvalue weighted by Crippen LogP contribution is 2.28. The van der Waals surface area contributed by atoms with Crippen LogP contribution in [0.2, 0.25) is 0 Å². The molecular weight excluding hydrogens is 222 g/mol. The van der Waals surface area contributed by atoms with Crippen LogP contribution in [-0.2, 0) is 0 Å². The lowest BCUT2D eigenvalue weighted by Crippen LogP contribution is -1.86. The molecule has 0 aliphatic carbocycles. The van der Waals surface area contributed by atoms with Gasteiger partial charge in [0.1, 0.15) is 5.75 Å². The van der Waals surface area contributed by atoms with E-state index in [1.54, 1.807) is 26.1 Å². The topological polar surface area (TPSA) is 95.9 Å². The highest BCUT2D eigenvalue weighted by molar-refractivity contribution is 5.60. The molecule has 17 heavy (non-hydrogen) atoms. The smallest absolute Gasteiger partial charge is 0.366 e. The summed E-state index contributed by atoms with van der Waals surface area (Å²) in [7, 11) is 1.72. The highest BCUT2D eigenvalue weighted by atomic mass is 16.5. The highest BCUT2D eigenvalue weighted by Gasteiger charge is 2.02. The molecule has 7 heteroatoms. The number of nitrogens with zero attached hydrogens (tertiary/aromatic N) is 4. The fourth-order valence-electron chi connectivity index (χ4n) is 1.22. The Balaban J connectivity index is 2.19. The van der Waals surface area contributed by atoms with Crippen LogP contribution in [0.25, 0.3) is 0 Å². The van der Waals surface area contributed by atoms with Gasteiger partial charge >= 0.3 is 6.01 Å². The minimum absolute atomic E-state index is 0.0830. The standard InChI is InChI=1S/C10H11N5O2/c1-6-12-10(17-15-6)14-13-7-3-4-8(11-2)9(16)5-7/h3-5,11,16H,1-2H3/b14-13+. The number of aromatic nitrogens is 2. The number of rotatable bonds is 3. The molecule has 0 unspecified atom stereocenters. The zero-order valence-electron chi connectivity index (χ0n) is 9.38. The lowest BCUT2D eigenvalue weighted by Gasteiger charge is -2.02. The van der Waals surface area contributed by atoms with E-state index >= 15 is 0 Å². The van der Waals surface area contributed by atoms with Crippen molar-refractivity contribution in [3.63, 3.8) is 0 Å². The summed E-state index contributed by atoms with van der Waals surface area (Å²) in [6.45, 7) is 1.69. The molecule has 0 aliphatic rings. The monoisotopic (exact) mass is 233 g/mol. The number of anilines is 1. The fourth-order valence-corrected chi connectivity index (χ4v) is 1.22. The van der Waals surface area contributed by atoms with E-state index in [1.807, 2.05) is 0 Å². The summed E-state index contributed by atoms with van der Waals surface area (Å²) in [6.07, 6.45) is 0. The van der Waals surface area contributed by atoms with Gasteiger partial charge in [-0.2, -0.15) is 4.98 Å². The molecule has 88 valence electrons. The molecule has 1 heterocycles. The quantitative estimate of drug-likeness (QED) is 0.627. The number of nitrogens with one attached hydrogen (secondary N) is 1. The van der Waals surface area contributed by atoms with Crippen LogP contribution in [0, 0.1) is 6.92 Å². The van der Waals surface area contributed by atoms with Gasteiger partial charge in [0, 0.05) is 13.1 Å². The number of aromatic hydroxyl groups is 1. The van der Waals surface area contributed by atoms with Crippen molar-refractivity contribution in [2.45, 2.75) is 6.92 Å². The Hall–Kier alpha value is -2.44. The Kier molecular flexibility index (Phi) is 2.99. The van der Waals surface area contributed by atoms with E-state index in [0.717, 1.165) is 0 Å². The first-order chi connectivity index (χ1) is 8.19. The largest absolute Gasteiger partial charge is 0.506 e. The summed E-state index contributed by atoms with van der Waals surface area (Å²) in [5, 5.41) is 23.6. The summed E-state index contributed by atoms with van der Waals surface area (Å²) in [5.74, 6) is 0.595. The Morgan fingerprint density at radius 3 is 2.76 bits per heavy atom. The van der Waals surface area contributed by atoms with Gasteiger partial charge in [0.15, 0.2) is 5.82 Å². The van der Waals surface area contributed by atoms with Gasteiger partial charge in [-0.3, -0.25) is 0 Å². The van der Waals surface area contributed by atoms with Gasteiger partial charge in [0.05, 0.1) is 11.4 Å². The summed E-state index contributed by atoms with van der Waals surface area (Å²) in [6, 6.07) is 4.97. The molecule has 0 fully saturated rings. The van der Waals surface area contributed by atoms with Gasteiger partial charge in [-0.15, -0.1) is 5.11 Å². The molecule has 0 spiro atoms. The van der Waals surface area contributed by atoms with Crippen molar-refractivity contribution in [1.82, 2.24) is 10.1 Å². The van der Waals surface area contributed by atoms with Crippen molar-refractivity contribution in [2.75, 3.05) is 12.4 Å². The summed E-state index contributed by atoms with van der Waals surface area (Å²) in [5.41, 5.74) is 1.12. The van der Waals surface area contributed by atoms with Crippen molar-refractivity contribution in [2.24, 2.45) is 10.2 Å². The number of aryl methyl sites for hydroxylation is 1. The average Bonchev–Trinajstić information content (AvgIpc) is 2.73. The molecule has 0 bridgehead atoms. The molecule has 7 nitrogen and oxygen atoms in total. The van der Waals surface area contributed by atoms with Crippen molar-refractivity contribution >= 4 is 17.4 Å². The molecule has 2 rings (SSSR count). The van der Waals surface area contributed by atoms with Crippen molar-refractivity contribution in [3.8, 4) is 5.75 Å². The van der Waals surface area contributed by atoms with Crippen LogP contribution >= 0.6 is 0 Å². The number of benzene rings is 1. The normalized spacial score (nSPS) is 10.9. The number of phenols is 1. The Morgan fingerprint density at radius 1 is 1.35 bits per heavy atom. The molecular formula is C10H11N5O2. The first-order valence-corrected chi connectivity index (χ1v) is 4.92. The second-order valence-corrected chi connectivity index (χ2v) is 3.28. The van der Waals surface area contributed by atoms with Gasteiger partial charge in [0.25, 0.3) is 0 Å². The lowest BCUT2D eigenvalue weighted by molar-refractivity contribution is 0.421. The maximum Gasteiger partial charge on any atom is 0.366 e. The minimum Gasteiger partial charge on any atom is -0.506 e. The minimum atomic E-state index is 0.0830. The van der Waals surface area contributed by atoms with E-state index in [0.29, 0.717) is 17.2 Å². The number of hydrogen-bond donors (Lipinski definition) is 2. The third-order valence-corrected chi connectivity index (χ3v) is 2.02. The van der Waals surface area contributed by atoms with Crippen molar-refractivity contribution < 1.29 is 9.63 Å². The molecule has 0 saturated carbocycles. The second kappa shape index (κ2) is 4.60. The zero-order chi connectivity index (χ0) is 12.3. The van der Waals surface area contributed by atoms with E-state index in [1.165, 1.54) is 6.07 Å². The second-order valence-electron chi connectivity index (χ2n) is 3.28. The molecule has 0 saturated heterocycles.